The highest BCUT2D eigenvalue weighted by Crippen LogP contribution is 2.35. The van der Waals surface area contributed by atoms with Crippen LogP contribution in [0.3, 0.4) is 0 Å². The molecule has 0 amide bonds. The average Bonchev–Trinajstić information content (AvgIpc) is 2.92. The largest absolute Gasteiger partial charge is 0.496 e. The number of nitrogens with one attached hydrogen (secondary N) is 1. The van der Waals surface area contributed by atoms with Crippen molar-refractivity contribution >= 4 is 27.8 Å². The summed E-state index contributed by atoms with van der Waals surface area (Å²) in [6.45, 7) is 0. The molecule has 3 aromatic rings. The van der Waals surface area contributed by atoms with E-state index in [4.69, 9.17) is 23.7 Å². The number of methoxy groups -OCH3 is 4. The van der Waals surface area contributed by atoms with E-state index in [9.17, 15) is 23.3 Å². The van der Waals surface area contributed by atoms with E-state index >= 15 is 0 Å². The standard InChI is InChI=1S/C26H26N2O10S/c1-34-20-14-23(36-3)21(24(15-20)37-4)11-12-27-39(32,33)16-17-5-10-22(35-2)25(13-17)38-26(29)18-6-8-19(9-7-18)28(30)31/h5-15,27H,16H2,1-4H3/b12-11+. The number of nitrogens with zero attached hydrogens (tertiary/aromatic N) is 1. The fourth-order valence-electron chi connectivity index (χ4n) is 3.45. The van der Waals surface area contributed by atoms with Gasteiger partial charge in [0.2, 0.25) is 10.0 Å². The second-order valence-electron chi connectivity index (χ2n) is 7.83. The highest BCUT2D eigenvalue weighted by Gasteiger charge is 2.17. The van der Waals surface area contributed by atoms with Crippen LogP contribution >= 0.6 is 0 Å². The molecule has 0 spiro atoms. The topological polar surface area (TPSA) is 153 Å². The number of carbonyl (C=O) groups excluding carboxylic acids is 1. The van der Waals surface area contributed by atoms with Crippen molar-refractivity contribution in [1.29, 1.82) is 0 Å². The SMILES string of the molecule is COc1cc(OC)c(/C=C/NS(=O)(=O)Cc2ccc(OC)c(OC(=O)c3ccc([N+](=O)[O-])cc3)c2)c(OC)c1. The molecule has 0 radical (unpaired) electrons. The summed E-state index contributed by atoms with van der Waals surface area (Å²) in [6.07, 6.45) is 2.72. The minimum Gasteiger partial charge on any atom is -0.496 e. The summed E-state index contributed by atoms with van der Waals surface area (Å²) < 4.78 is 54.4. The van der Waals surface area contributed by atoms with Crippen molar-refractivity contribution in [3.63, 3.8) is 0 Å². The van der Waals surface area contributed by atoms with Gasteiger partial charge < -0.3 is 23.7 Å². The monoisotopic (exact) mass is 558 g/mol. The van der Waals surface area contributed by atoms with Gasteiger partial charge in [-0.1, -0.05) is 6.07 Å². The molecule has 1 N–H and O–H groups in total. The molecule has 0 bridgehead atoms. The van der Waals surface area contributed by atoms with Crippen LogP contribution in [0, 0.1) is 10.1 Å². The van der Waals surface area contributed by atoms with E-state index in [1.165, 1.54) is 83.2 Å². The highest BCUT2D eigenvalue weighted by molar-refractivity contribution is 7.88. The molecule has 3 rings (SSSR count). The minimum absolute atomic E-state index is 0.0169. The summed E-state index contributed by atoms with van der Waals surface area (Å²) in [5.41, 5.74) is 0.690. The second-order valence-corrected chi connectivity index (χ2v) is 9.59. The zero-order chi connectivity index (χ0) is 28.6. The van der Waals surface area contributed by atoms with Crippen molar-refractivity contribution in [2.24, 2.45) is 0 Å². The Labute approximate surface area is 224 Å². The van der Waals surface area contributed by atoms with Gasteiger partial charge in [-0.15, -0.1) is 0 Å². The molecule has 0 atom stereocenters. The van der Waals surface area contributed by atoms with Crippen LogP contribution in [0.2, 0.25) is 0 Å². The predicted octanol–water partition coefficient (Wildman–Crippen LogP) is 3.94. The number of ether oxygens (including phenoxy) is 5. The molecule has 0 heterocycles. The molecule has 206 valence electrons. The van der Waals surface area contributed by atoms with Crippen LogP contribution in [-0.4, -0.2) is 47.7 Å². The summed E-state index contributed by atoms with van der Waals surface area (Å²) >= 11 is 0. The van der Waals surface area contributed by atoms with Gasteiger partial charge in [0.05, 0.1) is 50.2 Å². The van der Waals surface area contributed by atoms with Crippen molar-refractivity contribution in [3.05, 3.63) is 87.6 Å². The number of non-ortho nitro benzene ring substituents is 1. The van der Waals surface area contributed by atoms with Crippen LogP contribution in [-0.2, 0) is 15.8 Å². The molecule has 3 aromatic carbocycles. The third kappa shape index (κ3) is 7.38. The third-order valence-electron chi connectivity index (χ3n) is 5.35. The number of rotatable bonds is 12. The van der Waals surface area contributed by atoms with Gasteiger partial charge in [0.15, 0.2) is 11.5 Å². The van der Waals surface area contributed by atoms with E-state index in [-0.39, 0.29) is 22.7 Å². The number of hydrogen-bond acceptors (Lipinski definition) is 10. The lowest BCUT2D eigenvalue weighted by Gasteiger charge is -2.13. The number of hydrogen-bond donors (Lipinski definition) is 1. The quantitative estimate of drug-likeness (QED) is 0.150. The van der Waals surface area contributed by atoms with Crippen LogP contribution in [0.15, 0.2) is 60.8 Å². The first kappa shape index (κ1) is 28.8. The van der Waals surface area contributed by atoms with Crippen molar-refractivity contribution in [2.75, 3.05) is 28.4 Å². The van der Waals surface area contributed by atoms with Gasteiger partial charge in [0.25, 0.3) is 5.69 Å². The maximum Gasteiger partial charge on any atom is 0.343 e. The number of sulfonamides is 1. The zero-order valence-electron chi connectivity index (χ0n) is 21.5. The smallest absolute Gasteiger partial charge is 0.343 e. The minimum atomic E-state index is -3.87. The van der Waals surface area contributed by atoms with Gasteiger partial charge in [0, 0.05) is 30.5 Å². The van der Waals surface area contributed by atoms with E-state index in [1.807, 2.05) is 0 Å². The Bertz CT molecular complexity index is 1460. The zero-order valence-corrected chi connectivity index (χ0v) is 22.3. The average molecular weight is 559 g/mol. The Morgan fingerprint density at radius 3 is 2.03 bits per heavy atom. The molecule has 39 heavy (non-hydrogen) atoms. The molecule has 0 aliphatic heterocycles. The molecule has 0 fully saturated rings. The maximum atomic E-state index is 12.8. The molecule has 0 unspecified atom stereocenters. The van der Waals surface area contributed by atoms with Gasteiger partial charge in [-0.3, -0.25) is 14.8 Å². The Morgan fingerprint density at radius 1 is 0.872 bits per heavy atom. The Morgan fingerprint density at radius 2 is 1.49 bits per heavy atom. The molecule has 0 saturated carbocycles. The molecule has 0 saturated heterocycles. The van der Waals surface area contributed by atoms with Crippen LogP contribution in [0.1, 0.15) is 21.5 Å². The number of nitro benzene ring substituents is 1. The van der Waals surface area contributed by atoms with Crippen molar-refractivity contribution < 1.29 is 41.8 Å². The van der Waals surface area contributed by atoms with Crippen molar-refractivity contribution in [2.45, 2.75) is 5.75 Å². The third-order valence-corrected chi connectivity index (χ3v) is 6.56. The first-order valence-electron chi connectivity index (χ1n) is 11.2. The van der Waals surface area contributed by atoms with Gasteiger partial charge in [0.1, 0.15) is 17.2 Å². The molecule has 0 aliphatic rings. The normalized spacial score (nSPS) is 11.1. The van der Waals surface area contributed by atoms with E-state index in [2.05, 4.69) is 4.72 Å². The Balaban J connectivity index is 1.76. The highest BCUT2D eigenvalue weighted by atomic mass is 32.2. The molecule has 13 heteroatoms. The van der Waals surface area contributed by atoms with E-state index in [0.717, 1.165) is 0 Å². The number of carbonyl (C=O) groups is 1. The number of esters is 1. The van der Waals surface area contributed by atoms with Crippen LogP contribution < -0.4 is 28.4 Å². The van der Waals surface area contributed by atoms with Crippen LogP contribution in [0.4, 0.5) is 5.69 Å². The van der Waals surface area contributed by atoms with Crippen LogP contribution in [0.25, 0.3) is 6.08 Å². The lowest BCUT2D eigenvalue weighted by atomic mass is 10.1. The summed E-state index contributed by atoms with van der Waals surface area (Å²) in [5.74, 6) is 0.264. The van der Waals surface area contributed by atoms with E-state index < -0.39 is 26.7 Å². The fourth-order valence-corrected chi connectivity index (χ4v) is 4.42. The van der Waals surface area contributed by atoms with E-state index in [1.54, 1.807) is 12.1 Å². The fraction of sp³-hybridized carbons (Fsp3) is 0.192. The molecular weight excluding hydrogens is 532 g/mol. The molecular formula is C26H26N2O10S. The van der Waals surface area contributed by atoms with Crippen molar-refractivity contribution in [1.82, 2.24) is 4.72 Å². The maximum absolute atomic E-state index is 12.8. The van der Waals surface area contributed by atoms with Crippen molar-refractivity contribution in [3.8, 4) is 28.7 Å². The second kappa shape index (κ2) is 12.6. The predicted molar refractivity (Wildman–Crippen MR) is 142 cm³/mol. The first-order valence-corrected chi connectivity index (χ1v) is 12.9. The Hall–Kier alpha value is -4.78. The van der Waals surface area contributed by atoms with Gasteiger partial charge in [-0.2, -0.15) is 0 Å². The van der Waals surface area contributed by atoms with Crippen LogP contribution in [0.5, 0.6) is 28.7 Å². The summed E-state index contributed by atoms with van der Waals surface area (Å²) in [4.78, 5) is 22.8. The summed E-state index contributed by atoms with van der Waals surface area (Å²) in [6, 6.07) is 12.5. The van der Waals surface area contributed by atoms with E-state index in [0.29, 0.717) is 28.4 Å². The first-order chi connectivity index (χ1) is 18.6. The lowest BCUT2D eigenvalue weighted by molar-refractivity contribution is -0.384. The Kier molecular flexibility index (Phi) is 9.33. The lowest BCUT2D eigenvalue weighted by Crippen LogP contribution is -2.19. The molecule has 0 aromatic heterocycles. The summed E-state index contributed by atoms with van der Waals surface area (Å²) in [7, 11) is 1.92. The number of benzene rings is 3. The van der Waals surface area contributed by atoms with Gasteiger partial charge in [-0.05, 0) is 35.9 Å². The van der Waals surface area contributed by atoms with Gasteiger partial charge in [-0.25, -0.2) is 13.2 Å². The van der Waals surface area contributed by atoms with Gasteiger partial charge >= 0.3 is 5.97 Å². The number of nitro groups is 1. The molecule has 0 aliphatic carbocycles. The molecule has 12 nitrogen and oxygen atoms in total. The summed E-state index contributed by atoms with van der Waals surface area (Å²) in [5, 5.41) is 10.8.